The van der Waals surface area contributed by atoms with Crippen LogP contribution in [-0.4, -0.2) is 49.8 Å². The molecular weight excluding hydrogens is 220 g/mol. The van der Waals surface area contributed by atoms with E-state index in [0.29, 0.717) is 4.77 Å². The number of hydrogen-bond donors (Lipinski definition) is 4. The monoisotopic (exact) mass is 232 g/mol. The number of aliphatic hydroxyl groups excluding tert-OH is 3. The SMILES string of the molecule is OC[C@@H]1O[C@H](n2cc[nH]c2=S)[C@H](O)[C@@H]1O. The fraction of sp³-hybridized carbons (Fsp3) is 0.625. The number of imidazole rings is 1. The first-order chi connectivity index (χ1) is 7.15. The lowest BCUT2D eigenvalue weighted by atomic mass is 10.1. The van der Waals surface area contributed by atoms with Gasteiger partial charge in [0, 0.05) is 12.4 Å². The Morgan fingerprint density at radius 1 is 1.47 bits per heavy atom. The molecule has 1 aliphatic rings. The van der Waals surface area contributed by atoms with Crippen molar-refractivity contribution in [1.29, 1.82) is 0 Å². The van der Waals surface area contributed by atoms with Crippen LogP contribution in [0.1, 0.15) is 6.23 Å². The molecule has 1 aromatic heterocycles. The molecule has 0 amide bonds. The average Bonchev–Trinajstić information content (AvgIpc) is 2.74. The third-order valence-electron chi connectivity index (χ3n) is 2.47. The van der Waals surface area contributed by atoms with E-state index in [4.69, 9.17) is 22.1 Å². The quantitative estimate of drug-likeness (QED) is 0.499. The van der Waals surface area contributed by atoms with Crippen LogP contribution in [-0.2, 0) is 4.74 Å². The van der Waals surface area contributed by atoms with Crippen molar-refractivity contribution < 1.29 is 20.1 Å². The van der Waals surface area contributed by atoms with Gasteiger partial charge in [-0.15, -0.1) is 0 Å². The minimum atomic E-state index is -1.10. The first-order valence-electron chi connectivity index (χ1n) is 4.53. The Morgan fingerprint density at radius 2 is 2.20 bits per heavy atom. The van der Waals surface area contributed by atoms with Crippen molar-refractivity contribution in [3.8, 4) is 0 Å². The Morgan fingerprint density at radius 3 is 2.67 bits per heavy atom. The number of nitrogens with one attached hydrogen (secondary N) is 1. The maximum atomic E-state index is 9.69. The molecule has 0 unspecified atom stereocenters. The van der Waals surface area contributed by atoms with Crippen molar-refractivity contribution in [3.63, 3.8) is 0 Å². The molecule has 15 heavy (non-hydrogen) atoms. The molecule has 1 fully saturated rings. The molecule has 0 radical (unpaired) electrons. The standard InChI is InChI=1S/C8H12N2O4S/c11-3-4-5(12)6(13)7(14-4)10-2-1-9-8(10)15/h1-2,4-7,11-13H,3H2,(H,9,15)/t4-,5+,6+,7-/m0/s1. The van der Waals surface area contributed by atoms with Crippen molar-refractivity contribution in [2.75, 3.05) is 6.61 Å². The second-order valence-electron chi connectivity index (χ2n) is 3.40. The van der Waals surface area contributed by atoms with Gasteiger partial charge in [0.15, 0.2) is 11.0 Å². The largest absolute Gasteiger partial charge is 0.394 e. The van der Waals surface area contributed by atoms with Crippen molar-refractivity contribution in [1.82, 2.24) is 9.55 Å². The maximum absolute atomic E-state index is 9.69. The summed E-state index contributed by atoms with van der Waals surface area (Å²) in [6.45, 7) is -0.341. The Bertz CT molecular complexity index is 390. The van der Waals surface area contributed by atoms with E-state index in [9.17, 15) is 10.2 Å². The summed E-state index contributed by atoms with van der Waals surface area (Å²) in [5, 5.41) is 28.1. The lowest BCUT2D eigenvalue weighted by Gasteiger charge is -2.15. The van der Waals surface area contributed by atoms with E-state index in [1.54, 1.807) is 12.4 Å². The van der Waals surface area contributed by atoms with Gasteiger partial charge in [-0.05, 0) is 12.2 Å². The first-order valence-corrected chi connectivity index (χ1v) is 4.94. The Labute approximate surface area is 90.7 Å². The number of H-pyrrole nitrogens is 1. The molecule has 0 bridgehead atoms. The fourth-order valence-corrected chi connectivity index (χ4v) is 1.87. The van der Waals surface area contributed by atoms with Gasteiger partial charge in [0.2, 0.25) is 0 Å². The van der Waals surface area contributed by atoms with Gasteiger partial charge >= 0.3 is 0 Å². The smallest absolute Gasteiger partial charge is 0.179 e. The van der Waals surface area contributed by atoms with Gasteiger partial charge in [-0.2, -0.15) is 0 Å². The number of aromatic nitrogens is 2. The molecule has 0 spiro atoms. The molecule has 1 saturated heterocycles. The first kappa shape index (κ1) is 10.8. The van der Waals surface area contributed by atoms with E-state index in [2.05, 4.69) is 4.98 Å². The van der Waals surface area contributed by atoms with Gasteiger partial charge < -0.3 is 25.0 Å². The Hall–Kier alpha value is -0.730. The fourth-order valence-electron chi connectivity index (χ4n) is 1.64. The molecule has 1 aliphatic heterocycles. The Kier molecular flexibility index (Phi) is 2.89. The summed E-state index contributed by atoms with van der Waals surface area (Å²) in [6, 6.07) is 0. The van der Waals surface area contributed by atoms with E-state index < -0.39 is 24.5 Å². The highest BCUT2D eigenvalue weighted by atomic mass is 32.1. The van der Waals surface area contributed by atoms with Crippen LogP contribution in [0.3, 0.4) is 0 Å². The predicted octanol–water partition coefficient (Wildman–Crippen LogP) is -0.843. The van der Waals surface area contributed by atoms with Crippen LogP contribution in [0.5, 0.6) is 0 Å². The second-order valence-corrected chi connectivity index (χ2v) is 3.79. The number of ether oxygens (including phenoxy) is 1. The highest BCUT2D eigenvalue weighted by Crippen LogP contribution is 2.29. The van der Waals surface area contributed by atoms with E-state index >= 15 is 0 Å². The third-order valence-corrected chi connectivity index (χ3v) is 2.80. The van der Waals surface area contributed by atoms with Crippen LogP contribution in [0.4, 0.5) is 0 Å². The molecule has 7 heteroatoms. The molecule has 0 aromatic carbocycles. The number of aromatic amines is 1. The predicted molar refractivity (Wildman–Crippen MR) is 52.6 cm³/mol. The summed E-state index contributed by atoms with van der Waals surface area (Å²) >= 11 is 4.96. The lowest BCUT2D eigenvalue weighted by Crippen LogP contribution is -2.33. The van der Waals surface area contributed by atoms with Crippen LogP contribution in [0.25, 0.3) is 0 Å². The summed E-state index contributed by atoms with van der Waals surface area (Å²) in [5.74, 6) is 0. The Balaban J connectivity index is 2.26. The molecule has 84 valence electrons. The van der Waals surface area contributed by atoms with Crippen LogP contribution in [0, 0.1) is 4.77 Å². The molecule has 2 rings (SSSR count). The zero-order valence-corrected chi connectivity index (χ0v) is 8.59. The number of nitrogens with zero attached hydrogens (tertiary/aromatic N) is 1. The van der Waals surface area contributed by atoms with Crippen LogP contribution >= 0.6 is 12.2 Å². The van der Waals surface area contributed by atoms with Crippen LogP contribution in [0.2, 0.25) is 0 Å². The lowest BCUT2D eigenvalue weighted by molar-refractivity contribution is -0.0534. The minimum Gasteiger partial charge on any atom is -0.394 e. The van der Waals surface area contributed by atoms with Crippen molar-refractivity contribution in [2.24, 2.45) is 0 Å². The number of hydrogen-bond acceptors (Lipinski definition) is 5. The number of aliphatic hydroxyl groups is 3. The van der Waals surface area contributed by atoms with Crippen molar-refractivity contribution >= 4 is 12.2 Å². The minimum absolute atomic E-state index is 0.341. The summed E-state index contributed by atoms with van der Waals surface area (Å²) in [4.78, 5) is 2.76. The second kappa shape index (κ2) is 4.03. The molecule has 0 saturated carbocycles. The van der Waals surface area contributed by atoms with E-state index in [1.807, 2.05) is 0 Å². The molecular formula is C8H12N2O4S. The van der Waals surface area contributed by atoms with Gasteiger partial charge in [0.25, 0.3) is 0 Å². The van der Waals surface area contributed by atoms with Gasteiger partial charge in [-0.1, -0.05) is 0 Å². The molecule has 2 heterocycles. The highest BCUT2D eigenvalue weighted by molar-refractivity contribution is 7.71. The highest BCUT2D eigenvalue weighted by Gasteiger charge is 2.43. The normalized spacial score (nSPS) is 35.9. The summed E-state index contributed by atoms with van der Waals surface area (Å²) < 4.78 is 7.18. The summed E-state index contributed by atoms with van der Waals surface area (Å²) in [5.41, 5.74) is 0. The molecule has 0 aliphatic carbocycles. The molecule has 6 nitrogen and oxygen atoms in total. The van der Waals surface area contributed by atoms with E-state index in [-0.39, 0.29) is 6.61 Å². The average molecular weight is 232 g/mol. The zero-order valence-electron chi connectivity index (χ0n) is 7.78. The molecule has 1 aromatic rings. The number of rotatable bonds is 2. The van der Waals surface area contributed by atoms with Gasteiger partial charge in [0.1, 0.15) is 18.3 Å². The molecule has 4 N–H and O–H groups in total. The topological polar surface area (TPSA) is 90.6 Å². The van der Waals surface area contributed by atoms with Gasteiger partial charge in [-0.25, -0.2) is 0 Å². The van der Waals surface area contributed by atoms with E-state index in [0.717, 1.165) is 0 Å². The van der Waals surface area contributed by atoms with Crippen LogP contribution in [0.15, 0.2) is 12.4 Å². The molecule has 4 atom stereocenters. The van der Waals surface area contributed by atoms with E-state index in [1.165, 1.54) is 4.57 Å². The summed E-state index contributed by atoms with van der Waals surface area (Å²) in [7, 11) is 0. The summed E-state index contributed by atoms with van der Waals surface area (Å²) in [6.07, 6.45) is -0.501. The van der Waals surface area contributed by atoms with Crippen LogP contribution < -0.4 is 0 Å². The van der Waals surface area contributed by atoms with Gasteiger partial charge in [-0.3, -0.25) is 4.57 Å². The maximum Gasteiger partial charge on any atom is 0.179 e. The van der Waals surface area contributed by atoms with Gasteiger partial charge in [0.05, 0.1) is 6.61 Å². The van der Waals surface area contributed by atoms with Crippen molar-refractivity contribution in [3.05, 3.63) is 17.2 Å². The van der Waals surface area contributed by atoms with Crippen molar-refractivity contribution in [2.45, 2.75) is 24.5 Å². The third kappa shape index (κ3) is 1.72. The zero-order chi connectivity index (χ0) is 11.0.